The quantitative estimate of drug-likeness (QED) is 0.647. The van der Waals surface area contributed by atoms with Crippen LogP contribution in [0.3, 0.4) is 0 Å². The summed E-state index contributed by atoms with van der Waals surface area (Å²) in [6, 6.07) is 9.12. The zero-order valence-electron chi connectivity index (χ0n) is 11.3. The molecule has 1 aromatic rings. The van der Waals surface area contributed by atoms with Crippen molar-refractivity contribution in [2.24, 2.45) is 0 Å². The molecule has 21 heavy (non-hydrogen) atoms. The standard InChI is InChI=1S/C13H15F5N2O/c1-20(10-6-3-2-4-7-10)9-5-8-19-11(21)12(14,15)13(16,17)18/h2-4,6-7H,5,8-9H2,1H3,(H,19,21). The molecule has 0 unspecified atom stereocenters. The fourth-order valence-electron chi connectivity index (χ4n) is 1.57. The van der Waals surface area contributed by atoms with Gasteiger partial charge in [-0.3, -0.25) is 4.79 Å². The Hall–Kier alpha value is -1.86. The van der Waals surface area contributed by atoms with Gasteiger partial charge in [0.1, 0.15) is 0 Å². The molecular weight excluding hydrogens is 295 g/mol. The van der Waals surface area contributed by atoms with E-state index in [1.807, 2.05) is 30.3 Å². The zero-order chi connectivity index (χ0) is 16.1. The number of hydrogen-bond acceptors (Lipinski definition) is 2. The number of alkyl halides is 5. The van der Waals surface area contributed by atoms with Gasteiger partial charge in [-0.15, -0.1) is 0 Å². The van der Waals surface area contributed by atoms with Crippen molar-refractivity contribution in [1.29, 1.82) is 0 Å². The third-order valence-corrected chi connectivity index (χ3v) is 2.79. The van der Waals surface area contributed by atoms with Crippen LogP contribution < -0.4 is 10.2 Å². The predicted molar refractivity (Wildman–Crippen MR) is 68.3 cm³/mol. The second kappa shape index (κ2) is 6.73. The van der Waals surface area contributed by atoms with Crippen LogP contribution in [0.2, 0.25) is 0 Å². The lowest BCUT2D eigenvalue weighted by Crippen LogP contribution is -2.50. The molecule has 0 aliphatic carbocycles. The Morgan fingerprint density at radius 2 is 1.71 bits per heavy atom. The van der Waals surface area contributed by atoms with E-state index in [4.69, 9.17) is 0 Å². The Bertz CT molecular complexity index is 461. The summed E-state index contributed by atoms with van der Waals surface area (Å²) in [6.07, 6.45) is -5.64. The number of nitrogens with one attached hydrogen (secondary N) is 1. The molecule has 3 nitrogen and oxygen atoms in total. The van der Waals surface area contributed by atoms with Gasteiger partial charge in [0.25, 0.3) is 5.91 Å². The third kappa shape index (κ3) is 4.57. The molecule has 1 N–H and O–H groups in total. The summed E-state index contributed by atoms with van der Waals surface area (Å²) in [7, 11) is 1.75. The Kier molecular flexibility index (Phi) is 5.51. The van der Waals surface area contributed by atoms with Gasteiger partial charge in [-0.2, -0.15) is 22.0 Å². The molecule has 1 amide bonds. The van der Waals surface area contributed by atoms with Gasteiger partial charge in [-0.05, 0) is 18.6 Å². The van der Waals surface area contributed by atoms with Gasteiger partial charge in [0.15, 0.2) is 0 Å². The van der Waals surface area contributed by atoms with E-state index >= 15 is 0 Å². The van der Waals surface area contributed by atoms with Gasteiger partial charge >= 0.3 is 12.1 Å². The Morgan fingerprint density at radius 1 is 1.14 bits per heavy atom. The van der Waals surface area contributed by atoms with Crippen LogP contribution in [0.1, 0.15) is 6.42 Å². The molecular formula is C13H15F5N2O. The van der Waals surface area contributed by atoms with Crippen molar-refractivity contribution >= 4 is 11.6 Å². The number of amides is 1. The molecule has 8 heteroatoms. The molecule has 0 saturated carbocycles. The average Bonchev–Trinajstić information content (AvgIpc) is 2.42. The number of carbonyl (C=O) groups excluding carboxylic acids is 1. The number of hydrogen-bond donors (Lipinski definition) is 1. The normalized spacial score (nSPS) is 12.1. The molecule has 0 bridgehead atoms. The highest BCUT2D eigenvalue weighted by atomic mass is 19.4. The first-order valence-electron chi connectivity index (χ1n) is 6.15. The van der Waals surface area contributed by atoms with Crippen LogP contribution in [0.15, 0.2) is 30.3 Å². The van der Waals surface area contributed by atoms with E-state index < -0.39 is 18.0 Å². The lowest BCUT2D eigenvalue weighted by molar-refractivity contribution is -0.269. The molecule has 1 aromatic carbocycles. The summed E-state index contributed by atoms with van der Waals surface area (Å²) >= 11 is 0. The van der Waals surface area contributed by atoms with Gasteiger partial charge in [-0.25, -0.2) is 0 Å². The molecule has 118 valence electrons. The van der Waals surface area contributed by atoms with E-state index in [0.29, 0.717) is 6.54 Å². The molecule has 0 atom stereocenters. The smallest absolute Gasteiger partial charge is 0.375 e. The lowest BCUT2D eigenvalue weighted by atomic mass is 10.2. The van der Waals surface area contributed by atoms with Crippen LogP contribution in [0.4, 0.5) is 27.6 Å². The highest BCUT2D eigenvalue weighted by molar-refractivity contribution is 5.84. The second-order valence-electron chi connectivity index (χ2n) is 4.44. The van der Waals surface area contributed by atoms with E-state index in [2.05, 4.69) is 0 Å². The van der Waals surface area contributed by atoms with E-state index in [1.165, 1.54) is 0 Å². The SMILES string of the molecule is CN(CCCNC(=O)C(F)(F)C(F)(F)F)c1ccccc1. The van der Waals surface area contributed by atoms with Crippen LogP contribution >= 0.6 is 0 Å². The average molecular weight is 310 g/mol. The van der Waals surface area contributed by atoms with Gasteiger partial charge in [-0.1, -0.05) is 18.2 Å². The molecule has 0 aliphatic heterocycles. The highest BCUT2D eigenvalue weighted by Crippen LogP contribution is 2.35. The summed E-state index contributed by atoms with van der Waals surface area (Å²) in [5, 5.41) is 1.60. The minimum Gasteiger partial charge on any atom is -0.375 e. The number of rotatable bonds is 6. The maximum Gasteiger partial charge on any atom is 0.463 e. The summed E-state index contributed by atoms with van der Waals surface area (Å²) in [5.41, 5.74) is 0.879. The zero-order valence-corrected chi connectivity index (χ0v) is 11.3. The molecule has 0 spiro atoms. The lowest BCUT2D eigenvalue weighted by Gasteiger charge is -2.21. The highest BCUT2D eigenvalue weighted by Gasteiger charge is 2.63. The molecule has 1 rings (SSSR count). The molecule has 0 fully saturated rings. The molecule has 0 saturated heterocycles. The number of nitrogens with zero attached hydrogens (tertiary/aromatic N) is 1. The third-order valence-electron chi connectivity index (χ3n) is 2.79. The number of anilines is 1. The molecule has 0 aliphatic rings. The first-order chi connectivity index (χ1) is 9.66. The van der Waals surface area contributed by atoms with Crippen LogP contribution in [0.25, 0.3) is 0 Å². The first kappa shape index (κ1) is 17.2. The van der Waals surface area contributed by atoms with Crippen molar-refractivity contribution in [3.8, 4) is 0 Å². The fourth-order valence-corrected chi connectivity index (χ4v) is 1.57. The summed E-state index contributed by atoms with van der Waals surface area (Å²) < 4.78 is 61.0. The maximum absolute atomic E-state index is 12.6. The second-order valence-corrected chi connectivity index (χ2v) is 4.44. The monoisotopic (exact) mass is 310 g/mol. The predicted octanol–water partition coefficient (Wildman–Crippen LogP) is 2.83. The summed E-state index contributed by atoms with van der Waals surface area (Å²) in [5.74, 6) is -7.68. The van der Waals surface area contributed by atoms with E-state index in [1.54, 1.807) is 17.3 Å². The summed E-state index contributed by atoms with van der Waals surface area (Å²) in [6.45, 7) is 0.142. The number of benzene rings is 1. The van der Waals surface area contributed by atoms with Crippen molar-refractivity contribution in [3.05, 3.63) is 30.3 Å². The van der Waals surface area contributed by atoms with Crippen LogP contribution in [0, 0.1) is 0 Å². The van der Waals surface area contributed by atoms with Gasteiger partial charge < -0.3 is 10.2 Å². The fraction of sp³-hybridized carbons (Fsp3) is 0.462. The van der Waals surface area contributed by atoms with Crippen LogP contribution in [-0.4, -0.2) is 38.1 Å². The minimum atomic E-state index is -5.88. The van der Waals surface area contributed by atoms with Crippen LogP contribution in [-0.2, 0) is 4.79 Å². The van der Waals surface area contributed by atoms with Crippen molar-refractivity contribution in [3.63, 3.8) is 0 Å². The van der Waals surface area contributed by atoms with Crippen LogP contribution in [0.5, 0.6) is 0 Å². The maximum atomic E-state index is 12.6. The molecule has 0 aromatic heterocycles. The van der Waals surface area contributed by atoms with Crippen molar-refractivity contribution in [2.45, 2.75) is 18.5 Å². The van der Waals surface area contributed by atoms with Gasteiger partial charge in [0, 0.05) is 25.8 Å². The van der Waals surface area contributed by atoms with E-state index in [-0.39, 0.29) is 13.0 Å². The van der Waals surface area contributed by atoms with Gasteiger partial charge in [0.05, 0.1) is 0 Å². The van der Waals surface area contributed by atoms with Crippen molar-refractivity contribution in [2.75, 3.05) is 25.0 Å². The summed E-state index contributed by atoms with van der Waals surface area (Å²) in [4.78, 5) is 12.6. The Morgan fingerprint density at radius 3 is 2.24 bits per heavy atom. The van der Waals surface area contributed by atoms with Crippen molar-refractivity contribution < 1.29 is 26.7 Å². The number of carbonyl (C=O) groups is 1. The van der Waals surface area contributed by atoms with E-state index in [0.717, 1.165) is 5.69 Å². The molecule has 0 heterocycles. The first-order valence-corrected chi connectivity index (χ1v) is 6.15. The largest absolute Gasteiger partial charge is 0.463 e. The Balaban J connectivity index is 2.36. The molecule has 0 radical (unpaired) electrons. The number of halogens is 5. The van der Waals surface area contributed by atoms with E-state index in [9.17, 15) is 26.7 Å². The Labute approximate surface area is 118 Å². The van der Waals surface area contributed by atoms with Gasteiger partial charge in [0.2, 0.25) is 0 Å². The van der Waals surface area contributed by atoms with Crippen molar-refractivity contribution in [1.82, 2.24) is 5.32 Å². The minimum absolute atomic E-state index is 0.241. The topological polar surface area (TPSA) is 32.3 Å². The number of para-hydroxylation sites is 1.